The number of hydrogen-bond acceptors (Lipinski definition) is 3. The number of nitrogens with one attached hydrogen (secondary N) is 1. The molecule has 0 aromatic rings. The molecule has 5 rings (SSSR count). The normalized spacial score (nSPS) is 41.9. The lowest BCUT2D eigenvalue weighted by molar-refractivity contribution is -0.127. The van der Waals surface area contributed by atoms with E-state index in [0.717, 1.165) is 43.9 Å². The first kappa shape index (κ1) is 15.9. The summed E-state index contributed by atoms with van der Waals surface area (Å²) in [5.74, 6) is 3.12. The van der Waals surface area contributed by atoms with Crippen molar-refractivity contribution >= 4 is 5.91 Å². The second-order valence-corrected chi connectivity index (χ2v) is 9.15. The second kappa shape index (κ2) is 6.03. The molecule has 23 heavy (non-hydrogen) atoms. The van der Waals surface area contributed by atoms with Crippen molar-refractivity contribution in [3.63, 3.8) is 0 Å². The van der Waals surface area contributed by atoms with E-state index >= 15 is 0 Å². The minimum Gasteiger partial charge on any atom is -0.352 e. The lowest BCUT2D eigenvalue weighted by atomic mass is 9.48. The lowest BCUT2D eigenvalue weighted by Gasteiger charge is -2.59. The minimum absolute atomic E-state index is 0.248. The molecule has 5 fully saturated rings. The molecule has 1 heterocycles. The third-order valence-corrected chi connectivity index (χ3v) is 7.34. The molecule has 0 radical (unpaired) electrons. The van der Waals surface area contributed by atoms with Crippen LogP contribution >= 0.6 is 0 Å². The van der Waals surface area contributed by atoms with Crippen LogP contribution in [0.5, 0.6) is 0 Å². The summed E-state index contributed by atoms with van der Waals surface area (Å²) in [5.41, 5.74) is 0.423. The summed E-state index contributed by atoms with van der Waals surface area (Å²) < 4.78 is 0. The highest BCUT2D eigenvalue weighted by molar-refractivity contribution is 5.78. The molecule has 1 atom stereocenters. The summed E-state index contributed by atoms with van der Waals surface area (Å²) in [4.78, 5) is 17.2. The summed E-state index contributed by atoms with van der Waals surface area (Å²) >= 11 is 0. The Bertz CT molecular complexity index is 420. The molecular formula is C19H33N3O. The first-order chi connectivity index (χ1) is 11.0. The fraction of sp³-hybridized carbons (Fsp3) is 0.947. The van der Waals surface area contributed by atoms with Gasteiger partial charge in [0.1, 0.15) is 0 Å². The Balaban J connectivity index is 1.33. The van der Waals surface area contributed by atoms with E-state index in [1.165, 1.54) is 38.5 Å². The first-order valence-electron chi connectivity index (χ1n) is 9.73. The van der Waals surface area contributed by atoms with Crippen LogP contribution in [0, 0.1) is 23.2 Å². The summed E-state index contributed by atoms with van der Waals surface area (Å²) in [7, 11) is 2.16. The summed E-state index contributed by atoms with van der Waals surface area (Å²) in [5, 5.41) is 3.40. The summed E-state index contributed by atoms with van der Waals surface area (Å²) in [6.45, 7) is 7.08. The van der Waals surface area contributed by atoms with E-state index in [2.05, 4.69) is 29.1 Å². The number of nitrogens with zero attached hydrogens (tertiary/aromatic N) is 2. The molecule has 4 heteroatoms. The van der Waals surface area contributed by atoms with Gasteiger partial charge in [0, 0.05) is 32.2 Å². The van der Waals surface area contributed by atoms with Crippen LogP contribution < -0.4 is 5.32 Å². The third-order valence-electron chi connectivity index (χ3n) is 7.34. The van der Waals surface area contributed by atoms with Crippen molar-refractivity contribution in [1.29, 1.82) is 0 Å². The van der Waals surface area contributed by atoms with Gasteiger partial charge in [-0.3, -0.25) is 9.69 Å². The highest BCUT2D eigenvalue weighted by Crippen LogP contribution is 2.61. The van der Waals surface area contributed by atoms with E-state index in [1.54, 1.807) is 0 Å². The second-order valence-electron chi connectivity index (χ2n) is 9.15. The fourth-order valence-corrected chi connectivity index (χ4v) is 6.36. The molecule has 1 saturated heterocycles. The molecular weight excluding hydrogens is 286 g/mol. The zero-order valence-electron chi connectivity index (χ0n) is 14.9. The Morgan fingerprint density at radius 2 is 1.57 bits per heavy atom. The van der Waals surface area contributed by atoms with Crippen LogP contribution in [0.3, 0.4) is 0 Å². The van der Waals surface area contributed by atoms with Gasteiger partial charge in [-0.25, -0.2) is 0 Å². The van der Waals surface area contributed by atoms with Crippen molar-refractivity contribution in [3.05, 3.63) is 0 Å². The van der Waals surface area contributed by atoms with Gasteiger partial charge < -0.3 is 10.2 Å². The number of carbonyl (C=O) groups is 1. The first-order valence-corrected chi connectivity index (χ1v) is 9.73. The number of likely N-dealkylation sites (N-methyl/N-ethyl adjacent to an activating group) is 1. The Kier molecular flexibility index (Phi) is 4.17. The number of amides is 1. The predicted molar refractivity (Wildman–Crippen MR) is 92.1 cm³/mol. The van der Waals surface area contributed by atoms with Crippen molar-refractivity contribution < 1.29 is 4.79 Å². The number of rotatable bonds is 4. The molecule has 5 aliphatic rings. The molecule has 1 amide bonds. The van der Waals surface area contributed by atoms with Gasteiger partial charge in [0.2, 0.25) is 5.91 Å². The number of carbonyl (C=O) groups excluding carboxylic acids is 1. The highest BCUT2D eigenvalue weighted by Gasteiger charge is 2.53. The molecule has 4 nitrogen and oxygen atoms in total. The summed E-state index contributed by atoms with van der Waals surface area (Å²) in [6.07, 6.45) is 8.53. The van der Waals surface area contributed by atoms with Crippen LogP contribution in [0.1, 0.15) is 45.4 Å². The maximum atomic E-state index is 12.5. The molecule has 1 N–H and O–H groups in total. The largest absolute Gasteiger partial charge is 0.352 e. The van der Waals surface area contributed by atoms with Gasteiger partial charge in [-0.15, -0.1) is 0 Å². The topological polar surface area (TPSA) is 35.6 Å². The lowest BCUT2D eigenvalue weighted by Crippen LogP contribution is -2.57. The molecule has 130 valence electrons. The van der Waals surface area contributed by atoms with E-state index in [9.17, 15) is 4.79 Å². The van der Waals surface area contributed by atoms with E-state index in [-0.39, 0.29) is 5.91 Å². The Labute approximate surface area is 141 Å². The summed E-state index contributed by atoms with van der Waals surface area (Å²) in [6, 6.07) is 0.357. The highest BCUT2D eigenvalue weighted by atomic mass is 16.2. The van der Waals surface area contributed by atoms with Gasteiger partial charge >= 0.3 is 0 Å². The van der Waals surface area contributed by atoms with Gasteiger partial charge in [-0.05, 0) is 75.7 Å². The van der Waals surface area contributed by atoms with Crippen molar-refractivity contribution in [2.24, 2.45) is 23.2 Å². The molecule has 4 aliphatic carbocycles. The van der Waals surface area contributed by atoms with Crippen molar-refractivity contribution in [2.75, 3.05) is 39.8 Å². The van der Waals surface area contributed by atoms with E-state index < -0.39 is 0 Å². The molecule has 0 aromatic heterocycles. The van der Waals surface area contributed by atoms with E-state index in [1.807, 2.05) is 0 Å². The van der Waals surface area contributed by atoms with Gasteiger partial charge in [0.25, 0.3) is 0 Å². The smallest absolute Gasteiger partial charge is 0.234 e. The van der Waals surface area contributed by atoms with Gasteiger partial charge in [0.05, 0.1) is 6.54 Å². The van der Waals surface area contributed by atoms with Crippen LogP contribution in [-0.2, 0) is 4.79 Å². The van der Waals surface area contributed by atoms with Crippen molar-refractivity contribution in [2.45, 2.75) is 51.5 Å². The molecule has 4 saturated carbocycles. The molecule has 4 bridgehead atoms. The van der Waals surface area contributed by atoms with Crippen molar-refractivity contribution in [1.82, 2.24) is 15.1 Å². The van der Waals surface area contributed by atoms with Crippen LogP contribution in [0.25, 0.3) is 0 Å². The Hall–Kier alpha value is -0.610. The molecule has 0 spiro atoms. The number of piperazine rings is 1. The third kappa shape index (κ3) is 3.17. The standard InChI is InChI=1S/C19H33N3O/c1-14(20-18(23)13-22-5-3-21(2)4-6-22)19-10-15-7-16(11-19)9-17(8-15)12-19/h14-17H,3-13H2,1-2H3,(H,20,23)/t14-,15?,16?,17?,19?/m1/s1. The average Bonchev–Trinajstić information content (AvgIpc) is 2.48. The number of hydrogen-bond donors (Lipinski definition) is 1. The fourth-order valence-electron chi connectivity index (χ4n) is 6.36. The van der Waals surface area contributed by atoms with Crippen LogP contribution in [0.4, 0.5) is 0 Å². The van der Waals surface area contributed by atoms with Crippen LogP contribution in [0.2, 0.25) is 0 Å². The van der Waals surface area contributed by atoms with Crippen molar-refractivity contribution in [3.8, 4) is 0 Å². The quantitative estimate of drug-likeness (QED) is 0.860. The maximum Gasteiger partial charge on any atom is 0.234 e. The van der Waals surface area contributed by atoms with Crippen LogP contribution in [-0.4, -0.2) is 61.5 Å². The van der Waals surface area contributed by atoms with Gasteiger partial charge in [-0.2, -0.15) is 0 Å². The monoisotopic (exact) mass is 319 g/mol. The van der Waals surface area contributed by atoms with Gasteiger partial charge in [0.15, 0.2) is 0 Å². The van der Waals surface area contributed by atoms with Crippen LogP contribution in [0.15, 0.2) is 0 Å². The van der Waals surface area contributed by atoms with Gasteiger partial charge in [-0.1, -0.05) is 0 Å². The SMILES string of the molecule is C[C@@H](NC(=O)CN1CCN(C)CC1)C12CC3CC(CC(C3)C1)C2. The Morgan fingerprint density at radius 1 is 1.04 bits per heavy atom. The minimum atomic E-state index is 0.248. The maximum absolute atomic E-state index is 12.5. The zero-order chi connectivity index (χ0) is 16.0. The molecule has 0 aromatic carbocycles. The van der Waals surface area contributed by atoms with E-state index in [4.69, 9.17) is 0 Å². The molecule has 0 unspecified atom stereocenters. The average molecular weight is 319 g/mol. The zero-order valence-corrected chi connectivity index (χ0v) is 14.9. The molecule has 1 aliphatic heterocycles. The van der Waals surface area contributed by atoms with E-state index in [0.29, 0.717) is 18.0 Å². The predicted octanol–water partition coefficient (Wildman–Crippen LogP) is 1.95. The Morgan fingerprint density at radius 3 is 2.09 bits per heavy atom.